The molecule has 21 heavy (non-hydrogen) atoms. The molecule has 0 aliphatic rings. The van der Waals surface area contributed by atoms with E-state index in [0.29, 0.717) is 6.04 Å². The normalized spacial score (nSPS) is 12.6. The fourth-order valence-electron chi connectivity index (χ4n) is 2.82. The second kappa shape index (κ2) is 7.41. The highest BCUT2D eigenvalue weighted by Crippen LogP contribution is 2.15. The van der Waals surface area contributed by atoms with Crippen molar-refractivity contribution in [1.29, 1.82) is 0 Å². The quantitative estimate of drug-likeness (QED) is 0.846. The Labute approximate surface area is 128 Å². The van der Waals surface area contributed by atoms with Gasteiger partial charge in [-0.05, 0) is 56.8 Å². The number of rotatable bonds is 7. The molecule has 114 valence electrons. The van der Waals surface area contributed by atoms with Crippen LogP contribution in [0, 0.1) is 13.8 Å². The molecule has 0 radical (unpaired) electrons. The van der Waals surface area contributed by atoms with Crippen LogP contribution in [0.15, 0.2) is 30.5 Å². The molecule has 1 aromatic carbocycles. The number of hydrogen-bond acceptors (Lipinski definition) is 2. The van der Waals surface area contributed by atoms with E-state index in [1.165, 1.54) is 22.4 Å². The average Bonchev–Trinajstić information content (AvgIpc) is 2.86. The molecule has 1 heterocycles. The molecule has 0 saturated carbocycles. The summed E-state index contributed by atoms with van der Waals surface area (Å²) in [7, 11) is 2.02. The van der Waals surface area contributed by atoms with Gasteiger partial charge in [0.25, 0.3) is 0 Å². The van der Waals surface area contributed by atoms with Crippen molar-refractivity contribution in [2.45, 2.75) is 46.1 Å². The Bertz CT molecular complexity index is 572. The summed E-state index contributed by atoms with van der Waals surface area (Å²) in [6, 6.07) is 9.38. The summed E-state index contributed by atoms with van der Waals surface area (Å²) in [5, 5.41) is 7.88. The summed E-state index contributed by atoms with van der Waals surface area (Å²) >= 11 is 0. The summed E-state index contributed by atoms with van der Waals surface area (Å²) in [5.41, 5.74) is 5.51. The van der Waals surface area contributed by atoms with Crippen molar-refractivity contribution < 1.29 is 0 Å². The zero-order chi connectivity index (χ0) is 15.2. The zero-order valence-corrected chi connectivity index (χ0v) is 13.7. The van der Waals surface area contributed by atoms with Gasteiger partial charge in [-0.3, -0.25) is 4.68 Å². The number of hydrogen-bond donors (Lipinski definition) is 1. The molecule has 0 fully saturated rings. The first-order valence-corrected chi connectivity index (χ1v) is 7.86. The SMILES string of the molecule is CCNC(CCc1ccnn1C)Cc1cc(C)ccc1C. The highest BCUT2D eigenvalue weighted by molar-refractivity contribution is 5.31. The second-order valence-electron chi connectivity index (χ2n) is 5.87. The van der Waals surface area contributed by atoms with E-state index >= 15 is 0 Å². The third kappa shape index (κ3) is 4.43. The topological polar surface area (TPSA) is 29.9 Å². The number of benzene rings is 1. The third-order valence-corrected chi connectivity index (χ3v) is 4.14. The van der Waals surface area contributed by atoms with Gasteiger partial charge >= 0.3 is 0 Å². The number of nitrogens with one attached hydrogen (secondary N) is 1. The molecule has 2 aromatic rings. The first kappa shape index (κ1) is 15.8. The van der Waals surface area contributed by atoms with E-state index in [1.807, 2.05) is 17.9 Å². The number of aryl methyl sites for hydroxylation is 4. The largest absolute Gasteiger partial charge is 0.314 e. The van der Waals surface area contributed by atoms with Gasteiger partial charge in [-0.15, -0.1) is 0 Å². The van der Waals surface area contributed by atoms with Crippen molar-refractivity contribution >= 4 is 0 Å². The van der Waals surface area contributed by atoms with Crippen LogP contribution < -0.4 is 5.32 Å². The van der Waals surface area contributed by atoms with E-state index < -0.39 is 0 Å². The van der Waals surface area contributed by atoms with Gasteiger partial charge in [-0.25, -0.2) is 0 Å². The Hall–Kier alpha value is -1.61. The molecule has 0 amide bonds. The Kier molecular flexibility index (Phi) is 5.57. The van der Waals surface area contributed by atoms with Gasteiger partial charge in [0.1, 0.15) is 0 Å². The van der Waals surface area contributed by atoms with Crippen LogP contribution in [0.5, 0.6) is 0 Å². The Balaban J connectivity index is 2.01. The van der Waals surface area contributed by atoms with Gasteiger partial charge in [-0.2, -0.15) is 5.10 Å². The lowest BCUT2D eigenvalue weighted by Gasteiger charge is -2.19. The van der Waals surface area contributed by atoms with Crippen LogP contribution in [-0.2, 0) is 19.9 Å². The summed E-state index contributed by atoms with van der Waals surface area (Å²) in [6.45, 7) is 7.57. The molecule has 0 aliphatic heterocycles. The van der Waals surface area contributed by atoms with E-state index in [1.54, 1.807) is 0 Å². The minimum Gasteiger partial charge on any atom is -0.314 e. The number of aromatic nitrogens is 2. The molecule has 1 aromatic heterocycles. The van der Waals surface area contributed by atoms with E-state index in [-0.39, 0.29) is 0 Å². The standard InChI is InChI=1S/C18H27N3/c1-5-19-17(8-9-18-10-11-20-21(18)4)13-16-12-14(2)6-7-15(16)3/h6-7,10-12,17,19H,5,8-9,13H2,1-4H3. The van der Waals surface area contributed by atoms with E-state index in [0.717, 1.165) is 25.8 Å². The van der Waals surface area contributed by atoms with Crippen molar-refractivity contribution in [3.63, 3.8) is 0 Å². The molecule has 0 aliphatic carbocycles. The molecule has 2 rings (SSSR count). The maximum atomic E-state index is 4.25. The van der Waals surface area contributed by atoms with Crippen LogP contribution in [-0.4, -0.2) is 22.4 Å². The molecular formula is C18H27N3. The van der Waals surface area contributed by atoms with Gasteiger partial charge in [0, 0.05) is 25.0 Å². The fourth-order valence-corrected chi connectivity index (χ4v) is 2.82. The number of nitrogens with zero attached hydrogens (tertiary/aromatic N) is 2. The van der Waals surface area contributed by atoms with Crippen LogP contribution in [0.1, 0.15) is 35.7 Å². The smallest absolute Gasteiger partial charge is 0.0492 e. The zero-order valence-electron chi connectivity index (χ0n) is 13.7. The lowest BCUT2D eigenvalue weighted by molar-refractivity contribution is 0.483. The van der Waals surface area contributed by atoms with Crippen LogP contribution in [0.2, 0.25) is 0 Å². The molecule has 3 nitrogen and oxygen atoms in total. The predicted molar refractivity (Wildman–Crippen MR) is 88.6 cm³/mol. The first-order chi connectivity index (χ1) is 10.1. The molecule has 0 bridgehead atoms. The van der Waals surface area contributed by atoms with E-state index in [4.69, 9.17) is 0 Å². The van der Waals surface area contributed by atoms with Gasteiger partial charge in [0.2, 0.25) is 0 Å². The molecule has 0 spiro atoms. The maximum absolute atomic E-state index is 4.25. The molecule has 3 heteroatoms. The first-order valence-electron chi connectivity index (χ1n) is 7.86. The second-order valence-corrected chi connectivity index (χ2v) is 5.87. The highest BCUT2D eigenvalue weighted by Gasteiger charge is 2.11. The van der Waals surface area contributed by atoms with E-state index in [2.05, 4.69) is 55.5 Å². The Morgan fingerprint density at radius 1 is 1.24 bits per heavy atom. The van der Waals surface area contributed by atoms with Crippen LogP contribution in [0.25, 0.3) is 0 Å². The van der Waals surface area contributed by atoms with E-state index in [9.17, 15) is 0 Å². The lowest BCUT2D eigenvalue weighted by Crippen LogP contribution is -2.32. The maximum Gasteiger partial charge on any atom is 0.0492 e. The molecule has 1 N–H and O–H groups in total. The summed E-state index contributed by atoms with van der Waals surface area (Å²) < 4.78 is 1.97. The van der Waals surface area contributed by atoms with Gasteiger partial charge in [-0.1, -0.05) is 30.7 Å². The Morgan fingerprint density at radius 3 is 2.71 bits per heavy atom. The predicted octanol–water partition coefficient (Wildman–Crippen LogP) is 3.19. The minimum absolute atomic E-state index is 0.519. The van der Waals surface area contributed by atoms with Gasteiger partial charge < -0.3 is 5.32 Å². The molecular weight excluding hydrogens is 258 g/mol. The van der Waals surface area contributed by atoms with Crippen molar-refractivity contribution in [2.24, 2.45) is 7.05 Å². The average molecular weight is 285 g/mol. The van der Waals surface area contributed by atoms with Gasteiger partial charge in [0.15, 0.2) is 0 Å². The van der Waals surface area contributed by atoms with Gasteiger partial charge in [0.05, 0.1) is 0 Å². The Morgan fingerprint density at radius 2 is 2.05 bits per heavy atom. The van der Waals surface area contributed by atoms with Crippen LogP contribution >= 0.6 is 0 Å². The van der Waals surface area contributed by atoms with Crippen molar-refractivity contribution in [1.82, 2.24) is 15.1 Å². The molecule has 0 saturated heterocycles. The molecule has 1 atom stereocenters. The number of likely N-dealkylation sites (N-methyl/N-ethyl adjacent to an activating group) is 1. The van der Waals surface area contributed by atoms with Crippen LogP contribution in [0.3, 0.4) is 0 Å². The fraction of sp³-hybridized carbons (Fsp3) is 0.500. The van der Waals surface area contributed by atoms with Crippen molar-refractivity contribution in [2.75, 3.05) is 6.54 Å². The molecule has 1 unspecified atom stereocenters. The third-order valence-electron chi connectivity index (χ3n) is 4.14. The van der Waals surface area contributed by atoms with Crippen molar-refractivity contribution in [3.8, 4) is 0 Å². The minimum atomic E-state index is 0.519. The summed E-state index contributed by atoms with van der Waals surface area (Å²) in [6.07, 6.45) is 5.18. The van der Waals surface area contributed by atoms with Crippen LogP contribution in [0.4, 0.5) is 0 Å². The highest BCUT2D eigenvalue weighted by atomic mass is 15.2. The monoisotopic (exact) mass is 285 g/mol. The summed E-state index contributed by atoms with van der Waals surface area (Å²) in [4.78, 5) is 0. The lowest BCUT2D eigenvalue weighted by atomic mass is 9.96. The van der Waals surface area contributed by atoms with Crippen molar-refractivity contribution in [3.05, 3.63) is 52.8 Å². The summed E-state index contributed by atoms with van der Waals surface area (Å²) in [5.74, 6) is 0.